The quantitative estimate of drug-likeness (QED) is 0.291. The van der Waals surface area contributed by atoms with Crippen LogP contribution in [-0.4, -0.2) is 17.9 Å². The van der Waals surface area contributed by atoms with Gasteiger partial charge in [0.2, 0.25) is 5.57 Å². The van der Waals surface area contributed by atoms with Crippen LogP contribution in [0.5, 0.6) is 0 Å². The van der Waals surface area contributed by atoms with Gasteiger partial charge in [-0.2, -0.15) is 0 Å². The molecule has 0 aromatic heterocycles. The normalized spacial score (nSPS) is 8.56. The molecule has 0 heterocycles. The van der Waals surface area contributed by atoms with Gasteiger partial charge in [0.25, 0.3) is 0 Å². The van der Waals surface area contributed by atoms with E-state index in [2.05, 4.69) is 20.7 Å². The Hall–Kier alpha value is -0.400. The summed E-state index contributed by atoms with van der Waals surface area (Å²) in [5.41, 5.74) is 0.191. The molecule has 0 fully saturated rings. The zero-order chi connectivity index (χ0) is 7.28. The standard InChI is InChI=1S/C6H8BrO2/c1-5(2)6(8)9-4-3-7/h1H,3-4H2,2H3/q+1. The molecule has 0 amide bonds. The van der Waals surface area contributed by atoms with Crippen LogP contribution in [0.3, 0.4) is 0 Å². The lowest BCUT2D eigenvalue weighted by Crippen LogP contribution is -2.06. The maximum absolute atomic E-state index is 10.5. The minimum absolute atomic E-state index is 0.191. The van der Waals surface area contributed by atoms with Gasteiger partial charge in [-0.3, -0.25) is 0 Å². The Morgan fingerprint density at radius 2 is 2.33 bits per heavy atom. The van der Waals surface area contributed by atoms with Crippen molar-refractivity contribution >= 4 is 21.9 Å². The Balaban J connectivity index is 3.39. The number of ether oxygens (including phenoxy) is 1. The van der Waals surface area contributed by atoms with E-state index in [1.807, 2.05) is 0 Å². The smallest absolute Gasteiger partial charge is 0.371 e. The minimum Gasteiger partial charge on any atom is -0.371 e. The average molecular weight is 192 g/mol. The van der Waals surface area contributed by atoms with Crippen LogP contribution in [0.2, 0.25) is 0 Å². The molecule has 0 saturated heterocycles. The van der Waals surface area contributed by atoms with Gasteiger partial charge in [0, 0.05) is 12.3 Å². The maximum Gasteiger partial charge on any atom is 0.487 e. The van der Waals surface area contributed by atoms with Gasteiger partial charge in [-0.15, -0.1) is 4.79 Å². The predicted molar refractivity (Wildman–Crippen MR) is 38.2 cm³/mol. The minimum atomic E-state index is -0.436. The summed E-state index contributed by atoms with van der Waals surface area (Å²) in [4.78, 5) is 10.5. The Labute approximate surface area is 63.0 Å². The molecule has 2 nitrogen and oxygen atoms in total. The fourth-order valence-electron chi connectivity index (χ4n) is 0.245. The Morgan fingerprint density at radius 1 is 1.78 bits per heavy atom. The summed E-state index contributed by atoms with van der Waals surface area (Å²) in [6, 6.07) is 0. The van der Waals surface area contributed by atoms with Crippen molar-refractivity contribution in [1.29, 1.82) is 0 Å². The van der Waals surface area contributed by atoms with Crippen molar-refractivity contribution in [3.05, 3.63) is 12.2 Å². The van der Waals surface area contributed by atoms with Crippen molar-refractivity contribution in [2.45, 2.75) is 6.92 Å². The van der Waals surface area contributed by atoms with Crippen LogP contribution in [0.15, 0.2) is 5.57 Å². The van der Waals surface area contributed by atoms with Crippen LogP contribution in [0.1, 0.15) is 6.92 Å². The molecule has 0 unspecified atom stereocenters. The van der Waals surface area contributed by atoms with Crippen molar-refractivity contribution in [1.82, 2.24) is 0 Å². The number of carbonyl (C=O) groups is 1. The van der Waals surface area contributed by atoms with Crippen LogP contribution in [0.25, 0.3) is 0 Å². The van der Waals surface area contributed by atoms with E-state index in [9.17, 15) is 4.79 Å². The van der Waals surface area contributed by atoms with Crippen molar-refractivity contribution in [3.63, 3.8) is 0 Å². The highest BCUT2D eigenvalue weighted by Gasteiger charge is 2.13. The summed E-state index contributed by atoms with van der Waals surface area (Å²) < 4.78 is 4.60. The van der Waals surface area contributed by atoms with Crippen LogP contribution in [0.4, 0.5) is 0 Å². The molecule has 0 aromatic rings. The Bertz CT molecular complexity index is 120. The molecule has 0 atom stereocenters. The van der Waals surface area contributed by atoms with Crippen molar-refractivity contribution < 1.29 is 9.53 Å². The molecule has 0 rings (SSSR count). The Kier molecular flexibility index (Phi) is 4.28. The van der Waals surface area contributed by atoms with Gasteiger partial charge >= 0.3 is 5.97 Å². The largest absolute Gasteiger partial charge is 0.487 e. The maximum atomic E-state index is 10.5. The zero-order valence-corrected chi connectivity index (χ0v) is 6.77. The van der Waals surface area contributed by atoms with Gasteiger partial charge in [-0.05, 0) is 0 Å². The van der Waals surface area contributed by atoms with E-state index in [0.717, 1.165) is 0 Å². The summed E-state index contributed by atoms with van der Waals surface area (Å²) in [5.74, 6) is -0.436. The molecule has 0 aromatic carbocycles. The molecule has 0 spiro atoms. The highest BCUT2D eigenvalue weighted by atomic mass is 79.9. The number of esters is 1. The van der Waals surface area contributed by atoms with E-state index in [1.165, 1.54) is 6.92 Å². The third-order valence-electron chi connectivity index (χ3n) is 0.632. The molecule has 0 aliphatic carbocycles. The van der Waals surface area contributed by atoms with E-state index in [0.29, 0.717) is 11.9 Å². The van der Waals surface area contributed by atoms with Gasteiger partial charge in [0.15, 0.2) is 0 Å². The molecular formula is C6H8BrO2+. The lowest BCUT2D eigenvalue weighted by molar-refractivity contribution is -0.138. The first-order chi connectivity index (χ1) is 4.18. The third-order valence-corrected chi connectivity index (χ3v) is 0.956. The number of halogens is 1. The molecular weight excluding hydrogens is 184 g/mol. The molecule has 0 bridgehead atoms. The number of rotatable bonds is 3. The first-order valence-electron chi connectivity index (χ1n) is 2.50. The molecule has 0 aliphatic heterocycles. The molecule has 0 saturated carbocycles. The lowest BCUT2D eigenvalue weighted by atomic mass is 10.4. The Morgan fingerprint density at radius 3 is 2.67 bits per heavy atom. The van der Waals surface area contributed by atoms with Gasteiger partial charge in [-0.1, -0.05) is 15.9 Å². The van der Waals surface area contributed by atoms with E-state index >= 15 is 0 Å². The fourth-order valence-corrected chi connectivity index (χ4v) is 0.407. The van der Waals surface area contributed by atoms with Gasteiger partial charge in [-0.25, -0.2) is 0 Å². The summed E-state index contributed by atoms with van der Waals surface area (Å²) >= 11 is 3.10. The molecule has 0 N–H and O–H groups in total. The molecule has 9 heavy (non-hydrogen) atoms. The summed E-state index contributed by atoms with van der Waals surface area (Å²) in [7, 11) is 0. The second-order valence-corrected chi connectivity index (χ2v) is 2.30. The van der Waals surface area contributed by atoms with Crippen LogP contribution < -0.4 is 0 Å². The van der Waals surface area contributed by atoms with Gasteiger partial charge in [0.05, 0.1) is 6.58 Å². The molecule has 0 aliphatic rings. The SMILES string of the molecule is [CH+]=C(C)C(=O)OCCBr. The monoisotopic (exact) mass is 191 g/mol. The van der Waals surface area contributed by atoms with Crippen molar-refractivity contribution in [3.8, 4) is 0 Å². The van der Waals surface area contributed by atoms with Gasteiger partial charge in [0.1, 0.15) is 6.61 Å². The second-order valence-electron chi connectivity index (χ2n) is 1.51. The first kappa shape index (κ1) is 8.60. The molecule has 3 heteroatoms. The number of hydrogen-bond acceptors (Lipinski definition) is 2. The summed E-state index contributed by atoms with van der Waals surface area (Å²) in [5, 5.41) is 0.645. The molecule has 0 radical (unpaired) electrons. The van der Waals surface area contributed by atoms with Crippen molar-refractivity contribution in [2.24, 2.45) is 0 Å². The van der Waals surface area contributed by atoms with Crippen LogP contribution in [-0.2, 0) is 9.53 Å². The van der Waals surface area contributed by atoms with E-state index < -0.39 is 5.97 Å². The van der Waals surface area contributed by atoms with E-state index in [1.54, 1.807) is 0 Å². The molecule has 50 valence electrons. The highest BCUT2D eigenvalue weighted by Crippen LogP contribution is 1.91. The number of carbonyl (C=O) groups excluding carboxylic acids is 1. The zero-order valence-electron chi connectivity index (χ0n) is 5.19. The summed E-state index contributed by atoms with van der Waals surface area (Å²) in [6.45, 7) is 6.98. The average Bonchev–Trinajstić information content (AvgIpc) is 1.82. The lowest BCUT2D eigenvalue weighted by Gasteiger charge is -1.89. The number of hydrogen-bond donors (Lipinski definition) is 0. The number of alkyl halides is 1. The van der Waals surface area contributed by atoms with Crippen LogP contribution in [0, 0.1) is 6.58 Å². The van der Waals surface area contributed by atoms with Crippen LogP contribution >= 0.6 is 15.9 Å². The topological polar surface area (TPSA) is 26.3 Å². The third kappa shape index (κ3) is 4.13. The first-order valence-corrected chi connectivity index (χ1v) is 3.62. The highest BCUT2D eigenvalue weighted by molar-refractivity contribution is 9.09. The second kappa shape index (κ2) is 4.48. The predicted octanol–water partition coefficient (Wildman–Crippen LogP) is 1.30. The summed E-state index contributed by atoms with van der Waals surface area (Å²) in [6.07, 6.45) is 0. The van der Waals surface area contributed by atoms with E-state index in [-0.39, 0.29) is 5.57 Å². The fraction of sp³-hybridized carbons (Fsp3) is 0.500. The van der Waals surface area contributed by atoms with Gasteiger partial charge < -0.3 is 4.74 Å². The van der Waals surface area contributed by atoms with E-state index in [4.69, 9.17) is 6.58 Å². The van der Waals surface area contributed by atoms with Crippen molar-refractivity contribution in [2.75, 3.05) is 11.9 Å².